The van der Waals surface area contributed by atoms with E-state index in [0.29, 0.717) is 5.69 Å². The van der Waals surface area contributed by atoms with Gasteiger partial charge in [-0.3, -0.25) is 4.55 Å². The van der Waals surface area contributed by atoms with Crippen molar-refractivity contribution in [2.75, 3.05) is 5.73 Å². The molecule has 1 unspecified atom stereocenters. The first-order valence-electron chi connectivity index (χ1n) is 3.00. The van der Waals surface area contributed by atoms with Gasteiger partial charge in [-0.25, -0.2) is 0 Å². The summed E-state index contributed by atoms with van der Waals surface area (Å²) in [5.74, 6) is 0.228. The first-order chi connectivity index (χ1) is 5.47. The van der Waals surface area contributed by atoms with Gasteiger partial charge in [0.05, 0.1) is 11.2 Å². The average molecular weight is 205 g/mol. The maximum absolute atomic E-state index is 10.6. The molecule has 1 aromatic carbocycles. The molecule has 0 spiro atoms. The lowest BCUT2D eigenvalue weighted by molar-refractivity contribution is 0.454. The molecular formula is C6H7NO3S2. The summed E-state index contributed by atoms with van der Waals surface area (Å²) in [4.78, 5) is 0. The van der Waals surface area contributed by atoms with Gasteiger partial charge in [0.1, 0.15) is 5.75 Å². The van der Waals surface area contributed by atoms with E-state index in [9.17, 15) is 4.21 Å². The van der Waals surface area contributed by atoms with Gasteiger partial charge in [0, 0.05) is 5.69 Å². The highest BCUT2D eigenvalue weighted by atomic mass is 32.9. The average Bonchev–Trinajstić information content (AvgIpc) is 1.91. The largest absolute Gasteiger partial charge is 0.399 e. The van der Waals surface area contributed by atoms with Crippen LogP contribution in [0, 0.1) is 0 Å². The molecule has 0 aliphatic carbocycles. The Morgan fingerprint density at radius 3 is 2.33 bits per heavy atom. The second-order valence-corrected chi connectivity index (χ2v) is 4.37. The number of nitrogens with two attached hydrogens (primary N) is 1. The van der Waals surface area contributed by atoms with Crippen molar-refractivity contribution in [3.8, 4) is 5.75 Å². The molecule has 6 heteroatoms. The van der Waals surface area contributed by atoms with Crippen molar-refractivity contribution in [1.82, 2.24) is 0 Å². The number of anilines is 1. The van der Waals surface area contributed by atoms with Crippen LogP contribution >= 0.6 is 0 Å². The molecule has 4 nitrogen and oxygen atoms in total. The van der Waals surface area contributed by atoms with E-state index in [-0.39, 0.29) is 5.75 Å². The molecule has 0 aliphatic heterocycles. The fraction of sp³-hybridized carbons (Fsp3) is 0. The van der Waals surface area contributed by atoms with E-state index in [4.69, 9.17) is 10.3 Å². The third kappa shape index (κ3) is 3.04. The summed E-state index contributed by atoms with van der Waals surface area (Å²) in [6.07, 6.45) is 0. The lowest BCUT2D eigenvalue weighted by Crippen LogP contribution is -2.04. The summed E-state index contributed by atoms with van der Waals surface area (Å²) in [5, 5.41) is 0. The Kier molecular flexibility index (Phi) is 2.51. The van der Waals surface area contributed by atoms with Crippen LogP contribution in [0.15, 0.2) is 24.3 Å². The van der Waals surface area contributed by atoms with Gasteiger partial charge in [0.2, 0.25) is 0 Å². The first kappa shape index (κ1) is 9.24. The van der Waals surface area contributed by atoms with Crippen molar-refractivity contribution >= 4 is 25.9 Å². The Bertz CT molecular complexity index is 357. The molecule has 0 amide bonds. The summed E-state index contributed by atoms with van der Waals surface area (Å²) in [5.41, 5.74) is 5.93. The van der Waals surface area contributed by atoms with Crippen LogP contribution in [-0.2, 0) is 20.2 Å². The predicted molar refractivity (Wildman–Crippen MR) is 49.6 cm³/mol. The van der Waals surface area contributed by atoms with Crippen LogP contribution in [0.25, 0.3) is 0 Å². The number of nitrogen functional groups attached to an aromatic ring is 1. The van der Waals surface area contributed by atoms with E-state index in [1.807, 2.05) is 0 Å². The molecule has 0 heterocycles. The van der Waals surface area contributed by atoms with Gasteiger partial charge in [0.15, 0.2) is 0 Å². The molecule has 0 fully saturated rings. The van der Waals surface area contributed by atoms with Gasteiger partial charge in [-0.15, -0.1) is 0 Å². The summed E-state index contributed by atoms with van der Waals surface area (Å²) in [6, 6.07) is 6.04. The first-order valence-corrected chi connectivity index (χ1v) is 5.36. The summed E-state index contributed by atoms with van der Waals surface area (Å²) < 4.78 is 23.7. The standard InChI is InChI=1S/C6H7NO3S2/c7-5-1-3-6(4-2-5)10-12(8,9)11/h1-4H,7H2,(H,8,9,11). The van der Waals surface area contributed by atoms with E-state index >= 15 is 0 Å². The van der Waals surface area contributed by atoms with Crippen LogP contribution in [0.3, 0.4) is 0 Å². The molecule has 3 N–H and O–H groups in total. The SMILES string of the molecule is Nc1ccc(OS(=O)(O)=S)cc1. The molecule has 1 rings (SSSR count). The van der Waals surface area contributed by atoms with Gasteiger partial charge in [0.25, 0.3) is 0 Å². The maximum atomic E-state index is 10.6. The third-order valence-electron chi connectivity index (χ3n) is 1.08. The van der Waals surface area contributed by atoms with Crippen LogP contribution < -0.4 is 9.92 Å². The molecule has 0 aromatic heterocycles. The fourth-order valence-electron chi connectivity index (χ4n) is 0.645. The van der Waals surface area contributed by atoms with Gasteiger partial charge in [-0.2, -0.15) is 4.21 Å². The fourth-order valence-corrected chi connectivity index (χ4v) is 1.23. The highest BCUT2D eigenvalue weighted by Gasteiger charge is 2.01. The number of rotatable bonds is 2. The van der Waals surface area contributed by atoms with Crippen molar-refractivity contribution < 1.29 is 12.9 Å². The quantitative estimate of drug-likeness (QED) is 0.698. The molecule has 12 heavy (non-hydrogen) atoms. The summed E-state index contributed by atoms with van der Waals surface area (Å²) in [6.45, 7) is 0. The molecule has 0 aliphatic rings. The Morgan fingerprint density at radius 1 is 1.42 bits per heavy atom. The van der Waals surface area contributed by atoms with Crippen LogP contribution in [0.4, 0.5) is 5.69 Å². The molecular weight excluding hydrogens is 198 g/mol. The van der Waals surface area contributed by atoms with E-state index in [0.717, 1.165) is 0 Å². The molecule has 0 bridgehead atoms. The highest BCUT2D eigenvalue weighted by molar-refractivity contribution is 8.27. The van der Waals surface area contributed by atoms with E-state index in [2.05, 4.69) is 15.4 Å². The topological polar surface area (TPSA) is 72.5 Å². The Morgan fingerprint density at radius 2 is 1.92 bits per heavy atom. The molecule has 1 aromatic rings. The second kappa shape index (κ2) is 3.26. The lowest BCUT2D eigenvalue weighted by atomic mass is 10.3. The van der Waals surface area contributed by atoms with Gasteiger partial charge in [-0.1, -0.05) is 0 Å². The molecule has 0 saturated heterocycles. The minimum atomic E-state index is -3.60. The van der Waals surface area contributed by atoms with Crippen LogP contribution in [0.5, 0.6) is 5.75 Å². The Hall–Kier alpha value is -0.850. The zero-order valence-electron chi connectivity index (χ0n) is 5.97. The smallest absolute Gasteiger partial charge is 0.311 e. The minimum Gasteiger partial charge on any atom is -0.399 e. The second-order valence-electron chi connectivity index (χ2n) is 2.08. The molecule has 0 radical (unpaired) electrons. The van der Waals surface area contributed by atoms with Crippen molar-refractivity contribution in [3.63, 3.8) is 0 Å². The van der Waals surface area contributed by atoms with Crippen LogP contribution in [0.1, 0.15) is 0 Å². The van der Waals surface area contributed by atoms with Crippen molar-refractivity contribution in [2.24, 2.45) is 0 Å². The zero-order chi connectivity index (χ0) is 9.19. The van der Waals surface area contributed by atoms with E-state index in [1.165, 1.54) is 12.1 Å². The normalized spacial score (nSPS) is 15.1. The number of hydrogen-bond acceptors (Lipinski definition) is 4. The van der Waals surface area contributed by atoms with E-state index in [1.54, 1.807) is 12.1 Å². The van der Waals surface area contributed by atoms with Crippen molar-refractivity contribution in [2.45, 2.75) is 0 Å². The maximum Gasteiger partial charge on any atom is 0.311 e. The molecule has 0 saturated carbocycles. The summed E-state index contributed by atoms with van der Waals surface area (Å²) >= 11 is 4.13. The molecule has 66 valence electrons. The third-order valence-corrected chi connectivity index (χ3v) is 1.69. The lowest BCUT2D eigenvalue weighted by Gasteiger charge is -2.02. The summed E-state index contributed by atoms with van der Waals surface area (Å²) in [7, 11) is -3.60. The predicted octanol–water partition coefficient (Wildman–Crippen LogP) is 0.782. The van der Waals surface area contributed by atoms with Crippen molar-refractivity contribution in [3.05, 3.63) is 24.3 Å². The number of benzene rings is 1. The van der Waals surface area contributed by atoms with Gasteiger partial charge < -0.3 is 9.92 Å². The highest BCUT2D eigenvalue weighted by Crippen LogP contribution is 2.14. The van der Waals surface area contributed by atoms with E-state index < -0.39 is 9.05 Å². The van der Waals surface area contributed by atoms with Crippen LogP contribution in [-0.4, -0.2) is 8.76 Å². The van der Waals surface area contributed by atoms with Crippen LogP contribution in [0.2, 0.25) is 0 Å². The molecule has 1 atom stereocenters. The monoisotopic (exact) mass is 205 g/mol. The Labute approximate surface area is 75.0 Å². The Balaban J connectivity index is 2.85. The number of hydrogen-bond donors (Lipinski definition) is 2. The zero-order valence-corrected chi connectivity index (χ0v) is 7.60. The van der Waals surface area contributed by atoms with Gasteiger partial charge in [-0.05, 0) is 24.3 Å². The minimum absolute atomic E-state index is 0.228. The van der Waals surface area contributed by atoms with Gasteiger partial charge >= 0.3 is 9.05 Å². The van der Waals surface area contributed by atoms with Crippen molar-refractivity contribution in [1.29, 1.82) is 0 Å².